The fraction of sp³-hybridized carbons (Fsp3) is 0.417. The van der Waals surface area contributed by atoms with E-state index in [0.29, 0.717) is 30.9 Å². The largest absolute Gasteiger partial charge is 0.364 e. The number of Topliss-reactive ketones (excluding diaryl/α,β-unsaturated/α-hetero) is 1. The Morgan fingerprint density at radius 3 is 2.65 bits per heavy atom. The minimum atomic E-state index is -0.0662. The fourth-order valence-corrected chi connectivity index (χ4v) is 3.85. The molecule has 0 bridgehead atoms. The molecule has 3 rings (SSSR count). The molecule has 1 aliphatic rings. The summed E-state index contributed by atoms with van der Waals surface area (Å²) in [5.41, 5.74) is 2.60. The zero-order valence-corrected chi connectivity index (χ0v) is 18.6. The van der Waals surface area contributed by atoms with Crippen LogP contribution in [0.5, 0.6) is 0 Å². The summed E-state index contributed by atoms with van der Waals surface area (Å²) in [4.78, 5) is 43.6. The number of aromatic nitrogens is 1. The second-order valence-electron chi connectivity index (χ2n) is 8.25. The highest BCUT2D eigenvalue weighted by Gasteiger charge is 2.30. The Hall–Kier alpha value is -3.22. The number of likely N-dealkylation sites (tertiary alicyclic amines) is 1. The lowest BCUT2D eigenvalue weighted by atomic mass is 10.0. The van der Waals surface area contributed by atoms with Crippen molar-refractivity contribution in [3.63, 3.8) is 0 Å². The van der Waals surface area contributed by atoms with E-state index >= 15 is 0 Å². The van der Waals surface area contributed by atoms with E-state index in [1.54, 1.807) is 49.0 Å². The van der Waals surface area contributed by atoms with Crippen molar-refractivity contribution in [2.75, 3.05) is 25.5 Å². The van der Waals surface area contributed by atoms with Crippen LogP contribution in [0.25, 0.3) is 0 Å². The van der Waals surface area contributed by atoms with Crippen LogP contribution in [-0.4, -0.2) is 58.6 Å². The number of rotatable bonds is 7. The maximum Gasteiger partial charge on any atom is 0.255 e. The molecule has 1 aromatic heterocycles. The molecule has 1 unspecified atom stereocenters. The third kappa shape index (κ3) is 5.69. The number of amides is 2. The number of nitrogens with one attached hydrogen (secondary N) is 1. The summed E-state index contributed by atoms with van der Waals surface area (Å²) >= 11 is 0. The Morgan fingerprint density at radius 1 is 1.23 bits per heavy atom. The van der Waals surface area contributed by atoms with Gasteiger partial charge in [0.25, 0.3) is 5.91 Å². The van der Waals surface area contributed by atoms with Gasteiger partial charge in [0.15, 0.2) is 0 Å². The normalized spacial score (nSPS) is 16.6. The SMILES string of the molecule is CC(=O)Cc1cccc(C(C)Nc2ccc(C(=O)N3CC[C@H](N(C)C(C)=O)C3)cn2)c1. The van der Waals surface area contributed by atoms with E-state index in [1.807, 2.05) is 31.2 Å². The third-order valence-corrected chi connectivity index (χ3v) is 5.77. The molecule has 0 saturated carbocycles. The van der Waals surface area contributed by atoms with E-state index in [4.69, 9.17) is 0 Å². The Morgan fingerprint density at radius 2 is 2.00 bits per heavy atom. The van der Waals surface area contributed by atoms with E-state index in [9.17, 15) is 14.4 Å². The van der Waals surface area contributed by atoms with Crippen molar-refractivity contribution in [1.29, 1.82) is 0 Å². The molecule has 1 fully saturated rings. The number of ketones is 1. The standard InChI is InChI=1S/C24H30N4O3/c1-16(29)12-19-6-5-7-20(13-19)17(2)26-23-9-8-21(14-25-23)24(31)28-11-10-22(15-28)27(4)18(3)30/h5-9,13-14,17,22H,10-12,15H2,1-4H3,(H,25,26)/t17?,22-/m0/s1. The number of hydrogen-bond acceptors (Lipinski definition) is 5. The minimum absolute atomic E-state index is 0.00224. The van der Waals surface area contributed by atoms with Crippen LogP contribution in [0.2, 0.25) is 0 Å². The average molecular weight is 423 g/mol. The predicted molar refractivity (Wildman–Crippen MR) is 120 cm³/mol. The van der Waals surface area contributed by atoms with Crippen molar-refractivity contribution in [3.8, 4) is 0 Å². The van der Waals surface area contributed by atoms with E-state index in [1.165, 1.54) is 0 Å². The first-order chi connectivity index (χ1) is 14.7. The zero-order valence-electron chi connectivity index (χ0n) is 18.6. The lowest BCUT2D eigenvalue weighted by Gasteiger charge is -2.23. The number of likely N-dealkylation sites (N-methyl/N-ethyl adjacent to an activating group) is 1. The van der Waals surface area contributed by atoms with Crippen LogP contribution in [0.15, 0.2) is 42.6 Å². The van der Waals surface area contributed by atoms with Gasteiger partial charge in [0.1, 0.15) is 11.6 Å². The number of carbonyl (C=O) groups excluding carboxylic acids is 3. The van der Waals surface area contributed by atoms with Gasteiger partial charge in [-0.25, -0.2) is 4.98 Å². The van der Waals surface area contributed by atoms with Crippen LogP contribution in [0.1, 0.15) is 54.7 Å². The number of nitrogens with zero attached hydrogens (tertiary/aromatic N) is 3. The molecule has 31 heavy (non-hydrogen) atoms. The van der Waals surface area contributed by atoms with Gasteiger partial charge < -0.3 is 15.1 Å². The number of hydrogen-bond donors (Lipinski definition) is 1. The van der Waals surface area contributed by atoms with Gasteiger partial charge in [0.05, 0.1) is 11.6 Å². The number of carbonyl (C=O) groups is 3. The van der Waals surface area contributed by atoms with Crippen LogP contribution < -0.4 is 5.32 Å². The van der Waals surface area contributed by atoms with Crippen molar-refractivity contribution in [3.05, 3.63) is 59.3 Å². The van der Waals surface area contributed by atoms with Gasteiger partial charge in [-0.3, -0.25) is 14.4 Å². The van der Waals surface area contributed by atoms with Crippen LogP contribution in [0.3, 0.4) is 0 Å². The highest BCUT2D eigenvalue weighted by Crippen LogP contribution is 2.21. The Bertz CT molecular complexity index is 958. The monoisotopic (exact) mass is 422 g/mol. The summed E-state index contributed by atoms with van der Waals surface area (Å²) in [6.07, 6.45) is 2.80. The van der Waals surface area contributed by atoms with Crippen molar-refractivity contribution in [2.24, 2.45) is 0 Å². The third-order valence-electron chi connectivity index (χ3n) is 5.77. The molecule has 164 valence electrons. The van der Waals surface area contributed by atoms with Gasteiger partial charge in [-0.05, 0) is 43.5 Å². The second-order valence-corrected chi connectivity index (χ2v) is 8.25. The summed E-state index contributed by atoms with van der Waals surface area (Å²) in [6, 6.07) is 11.6. The molecule has 2 heterocycles. The molecule has 1 N–H and O–H groups in total. The summed E-state index contributed by atoms with van der Waals surface area (Å²) in [6.45, 7) is 6.34. The quantitative estimate of drug-likeness (QED) is 0.742. The van der Waals surface area contributed by atoms with Gasteiger partial charge in [0.2, 0.25) is 5.91 Å². The van der Waals surface area contributed by atoms with Gasteiger partial charge >= 0.3 is 0 Å². The van der Waals surface area contributed by atoms with E-state index in [-0.39, 0.29) is 29.7 Å². The molecule has 7 heteroatoms. The average Bonchev–Trinajstić information content (AvgIpc) is 3.23. The van der Waals surface area contributed by atoms with E-state index in [2.05, 4.69) is 10.3 Å². The van der Waals surface area contributed by atoms with Gasteiger partial charge in [0, 0.05) is 45.7 Å². The number of anilines is 1. The minimum Gasteiger partial charge on any atom is -0.364 e. The highest BCUT2D eigenvalue weighted by atomic mass is 16.2. The summed E-state index contributed by atoms with van der Waals surface area (Å²) in [7, 11) is 1.78. The molecule has 0 radical (unpaired) electrons. The molecular formula is C24H30N4O3. The van der Waals surface area contributed by atoms with Crippen molar-refractivity contribution < 1.29 is 14.4 Å². The van der Waals surface area contributed by atoms with Crippen molar-refractivity contribution in [2.45, 2.75) is 45.7 Å². The maximum absolute atomic E-state index is 12.8. The van der Waals surface area contributed by atoms with E-state index in [0.717, 1.165) is 17.5 Å². The molecule has 0 spiro atoms. The molecule has 1 aliphatic heterocycles. The first kappa shape index (κ1) is 22.5. The molecule has 2 atom stereocenters. The molecule has 7 nitrogen and oxygen atoms in total. The van der Waals surface area contributed by atoms with Crippen molar-refractivity contribution in [1.82, 2.24) is 14.8 Å². The van der Waals surface area contributed by atoms with Crippen LogP contribution >= 0.6 is 0 Å². The second kappa shape index (κ2) is 9.73. The topological polar surface area (TPSA) is 82.6 Å². The van der Waals surface area contributed by atoms with Gasteiger partial charge in [-0.2, -0.15) is 0 Å². The maximum atomic E-state index is 12.8. The first-order valence-corrected chi connectivity index (χ1v) is 10.6. The first-order valence-electron chi connectivity index (χ1n) is 10.6. The summed E-state index contributed by atoms with van der Waals surface area (Å²) < 4.78 is 0. The zero-order chi connectivity index (χ0) is 22.5. The predicted octanol–water partition coefficient (Wildman–Crippen LogP) is 3.08. The molecule has 0 aliphatic carbocycles. The van der Waals surface area contributed by atoms with Crippen LogP contribution in [0, 0.1) is 0 Å². The molecule has 1 saturated heterocycles. The highest BCUT2D eigenvalue weighted by molar-refractivity contribution is 5.94. The van der Waals surface area contributed by atoms with Gasteiger partial charge in [-0.1, -0.05) is 24.3 Å². The summed E-state index contributed by atoms with van der Waals surface area (Å²) in [5, 5.41) is 3.34. The molecule has 2 amide bonds. The smallest absolute Gasteiger partial charge is 0.255 e. The Balaban J connectivity index is 1.61. The molecular weight excluding hydrogens is 392 g/mol. The lowest BCUT2D eigenvalue weighted by Crippen LogP contribution is -2.38. The van der Waals surface area contributed by atoms with Gasteiger partial charge in [-0.15, -0.1) is 0 Å². The molecule has 1 aromatic carbocycles. The van der Waals surface area contributed by atoms with E-state index < -0.39 is 0 Å². The molecule has 2 aromatic rings. The Labute approximate surface area is 183 Å². The number of pyridine rings is 1. The van der Waals surface area contributed by atoms with Crippen LogP contribution in [0.4, 0.5) is 5.82 Å². The fourth-order valence-electron chi connectivity index (χ4n) is 3.85. The number of benzene rings is 1. The van der Waals surface area contributed by atoms with Crippen molar-refractivity contribution >= 4 is 23.4 Å². The lowest BCUT2D eigenvalue weighted by molar-refractivity contribution is -0.129. The van der Waals surface area contributed by atoms with Crippen LogP contribution in [-0.2, 0) is 16.0 Å². The Kier molecular flexibility index (Phi) is 7.05. The summed E-state index contributed by atoms with van der Waals surface area (Å²) in [5.74, 6) is 0.759.